The van der Waals surface area contributed by atoms with E-state index in [2.05, 4.69) is 20.8 Å². The highest BCUT2D eigenvalue weighted by molar-refractivity contribution is 6.16. The second kappa shape index (κ2) is 7.19. The van der Waals surface area contributed by atoms with E-state index in [-0.39, 0.29) is 17.7 Å². The summed E-state index contributed by atoms with van der Waals surface area (Å²) in [5, 5.41) is 0. The monoisotopic (exact) mass is 382 g/mol. The first-order valence-corrected chi connectivity index (χ1v) is 9.13. The summed E-state index contributed by atoms with van der Waals surface area (Å²) in [5.74, 6) is -1.19. The Kier molecular flexibility index (Phi) is 5.06. The summed E-state index contributed by atoms with van der Waals surface area (Å²) in [7, 11) is 0. The third kappa shape index (κ3) is 3.67. The normalized spacial score (nSPS) is 17.4. The number of hydrogen-bond acceptors (Lipinski definition) is 3. The maximum atomic E-state index is 13.2. The average molecular weight is 382 g/mol. The predicted octanol–water partition coefficient (Wildman–Crippen LogP) is 4.16. The van der Waals surface area contributed by atoms with Gasteiger partial charge in [-0.1, -0.05) is 45.0 Å². The van der Waals surface area contributed by atoms with Crippen molar-refractivity contribution in [2.75, 3.05) is 11.4 Å². The van der Waals surface area contributed by atoms with Crippen LogP contribution in [0.15, 0.2) is 48.5 Å². The van der Waals surface area contributed by atoms with E-state index >= 15 is 0 Å². The fourth-order valence-electron chi connectivity index (χ4n) is 3.20. The lowest BCUT2D eigenvalue weighted by atomic mass is 9.86. The van der Waals surface area contributed by atoms with Crippen LogP contribution in [0.25, 0.3) is 0 Å². The Hall–Kier alpha value is -3.02. The van der Waals surface area contributed by atoms with Crippen LogP contribution < -0.4 is 4.90 Å². The zero-order valence-corrected chi connectivity index (χ0v) is 16.4. The Morgan fingerprint density at radius 1 is 1.00 bits per heavy atom. The van der Waals surface area contributed by atoms with Crippen molar-refractivity contribution in [2.24, 2.45) is 0 Å². The third-order valence-electron chi connectivity index (χ3n) is 4.93. The molecule has 3 rings (SSSR count). The number of rotatable bonds is 4. The highest BCUT2D eigenvalue weighted by atomic mass is 19.1. The van der Waals surface area contributed by atoms with Gasteiger partial charge in [0.15, 0.2) is 5.78 Å². The summed E-state index contributed by atoms with van der Waals surface area (Å²) >= 11 is 0. The van der Waals surface area contributed by atoms with Crippen LogP contribution in [0.5, 0.6) is 0 Å². The van der Waals surface area contributed by atoms with E-state index in [1.807, 2.05) is 12.1 Å². The third-order valence-corrected chi connectivity index (χ3v) is 4.93. The van der Waals surface area contributed by atoms with Crippen molar-refractivity contribution in [1.82, 2.24) is 4.90 Å². The van der Waals surface area contributed by atoms with Crippen molar-refractivity contribution in [1.29, 1.82) is 0 Å². The number of benzene rings is 2. The summed E-state index contributed by atoms with van der Waals surface area (Å²) in [6.07, 6.45) is 0. The first-order valence-electron chi connectivity index (χ1n) is 9.13. The quantitative estimate of drug-likeness (QED) is 0.589. The molecular formula is C22H23FN2O3. The van der Waals surface area contributed by atoms with Crippen molar-refractivity contribution in [3.63, 3.8) is 0 Å². The number of ketones is 1. The molecule has 2 aromatic carbocycles. The molecule has 3 amide bonds. The van der Waals surface area contributed by atoms with Gasteiger partial charge in [0.05, 0.1) is 6.54 Å². The number of imide groups is 1. The van der Waals surface area contributed by atoms with Crippen LogP contribution in [0.4, 0.5) is 14.9 Å². The molecule has 0 aromatic heterocycles. The van der Waals surface area contributed by atoms with E-state index < -0.39 is 23.8 Å². The van der Waals surface area contributed by atoms with E-state index in [1.54, 1.807) is 19.1 Å². The standard InChI is InChI=1S/C22H23FN2O3/c1-14-20(27)24(21(28)25(14)18-11-9-17(23)10-12-18)13-19(26)15-5-7-16(8-6-15)22(2,3)4/h5-12,14H,13H2,1-4H3. The number of halogens is 1. The molecule has 2 aromatic rings. The Balaban J connectivity index is 1.78. The smallest absolute Gasteiger partial charge is 0.292 e. The van der Waals surface area contributed by atoms with Gasteiger partial charge < -0.3 is 0 Å². The Bertz CT molecular complexity index is 914. The molecule has 1 heterocycles. The van der Waals surface area contributed by atoms with Crippen LogP contribution in [0.3, 0.4) is 0 Å². The Morgan fingerprint density at radius 3 is 2.11 bits per heavy atom. The highest BCUT2D eigenvalue weighted by Gasteiger charge is 2.44. The zero-order chi connectivity index (χ0) is 20.6. The van der Waals surface area contributed by atoms with Gasteiger partial charge in [0, 0.05) is 11.3 Å². The summed E-state index contributed by atoms with van der Waals surface area (Å²) in [4.78, 5) is 40.2. The van der Waals surface area contributed by atoms with Gasteiger partial charge in [0.1, 0.15) is 11.9 Å². The lowest BCUT2D eigenvalue weighted by molar-refractivity contribution is -0.126. The number of urea groups is 1. The molecule has 0 saturated carbocycles. The molecular weight excluding hydrogens is 359 g/mol. The molecule has 0 bridgehead atoms. The van der Waals surface area contributed by atoms with Crippen LogP contribution in [0, 0.1) is 5.82 Å². The molecule has 28 heavy (non-hydrogen) atoms. The molecule has 1 saturated heterocycles. The van der Waals surface area contributed by atoms with Gasteiger partial charge in [0.25, 0.3) is 5.91 Å². The largest absolute Gasteiger partial charge is 0.332 e. The second-order valence-corrected chi connectivity index (χ2v) is 7.98. The van der Waals surface area contributed by atoms with Crippen LogP contribution in [-0.4, -0.2) is 35.2 Å². The molecule has 5 nitrogen and oxygen atoms in total. The molecule has 1 unspecified atom stereocenters. The highest BCUT2D eigenvalue weighted by Crippen LogP contribution is 2.27. The van der Waals surface area contributed by atoms with Crippen molar-refractivity contribution in [3.8, 4) is 0 Å². The van der Waals surface area contributed by atoms with E-state index in [0.29, 0.717) is 11.3 Å². The van der Waals surface area contributed by atoms with Gasteiger partial charge in [0.2, 0.25) is 0 Å². The summed E-state index contributed by atoms with van der Waals surface area (Å²) in [6.45, 7) is 7.51. The van der Waals surface area contributed by atoms with E-state index in [9.17, 15) is 18.8 Å². The molecule has 6 heteroatoms. The van der Waals surface area contributed by atoms with Crippen molar-refractivity contribution in [2.45, 2.75) is 39.2 Å². The number of nitrogens with zero attached hydrogens (tertiary/aromatic N) is 2. The number of Topliss-reactive ketones (excluding diaryl/α,β-unsaturated/α-hetero) is 1. The number of amides is 3. The first-order chi connectivity index (χ1) is 13.1. The second-order valence-electron chi connectivity index (χ2n) is 7.98. The minimum Gasteiger partial charge on any atom is -0.292 e. The van der Waals surface area contributed by atoms with Gasteiger partial charge in [-0.3, -0.25) is 19.4 Å². The van der Waals surface area contributed by atoms with E-state index in [1.165, 1.54) is 29.2 Å². The Morgan fingerprint density at radius 2 is 1.57 bits per heavy atom. The molecule has 1 atom stereocenters. The SMILES string of the molecule is CC1C(=O)N(CC(=O)c2ccc(C(C)(C)C)cc2)C(=O)N1c1ccc(F)cc1. The number of hydrogen-bond donors (Lipinski definition) is 0. The number of carbonyl (C=O) groups is 3. The molecule has 1 aliphatic rings. The molecule has 0 spiro atoms. The van der Waals surface area contributed by atoms with Gasteiger partial charge in [-0.2, -0.15) is 0 Å². The molecule has 146 valence electrons. The van der Waals surface area contributed by atoms with Crippen LogP contribution >= 0.6 is 0 Å². The van der Waals surface area contributed by atoms with Gasteiger partial charge in [-0.15, -0.1) is 0 Å². The number of anilines is 1. The van der Waals surface area contributed by atoms with Crippen molar-refractivity contribution in [3.05, 3.63) is 65.5 Å². The molecule has 0 N–H and O–H groups in total. The topological polar surface area (TPSA) is 57.7 Å². The average Bonchev–Trinajstić information content (AvgIpc) is 2.85. The molecule has 0 radical (unpaired) electrons. The minimum atomic E-state index is -0.756. The zero-order valence-electron chi connectivity index (χ0n) is 16.4. The van der Waals surface area contributed by atoms with Crippen LogP contribution in [0.1, 0.15) is 43.6 Å². The Labute approximate surface area is 163 Å². The van der Waals surface area contributed by atoms with Crippen LogP contribution in [-0.2, 0) is 10.2 Å². The predicted molar refractivity (Wildman–Crippen MR) is 105 cm³/mol. The maximum Gasteiger partial charge on any atom is 0.332 e. The summed E-state index contributed by atoms with van der Waals surface area (Å²) in [5.41, 5.74) is 1.92. The van der Waals surface area contributed by atoms with Gasteiger partial charge in [-0.25, -0.2) is 9.18 Å². The maximum absolute atomic E-state index is 13.2. The fourth-order valence-corrected chi connectivity index (χ4v) is 3.20. The van der Waals surface area contributed by atoms with E-state index in [4.69, 9.17) is 0 Å². The fraction of sp³-hybridized carbons (Fsp3) is 0.318. The van der Waals surface area contributed by atoms with Crippen LogP contribution in [0.2, 0.25) is 0 Å². The van der Waals surface area contributed by atoms with E-state index in [0.717, 1.165) is 10.5 Å². The first kappa shape index (κ1) is 19.7. The lowest BCUT2D eigenvalue weighted by Gasteiger charge is -2.20. The summed E-state index contributed by atoms with van der Waals surface area (Å²) < 4.78 is 13.2. The molecule has 1 fully saturated rings. The van der Waals surface area contributed by atoms with Gasteiger partial charge in [-0.05, 0) is 42.2 Å². The summed E-state index contributed by atoms with van der Waals surface area (Å²) in [6, 6.07) is 11.2. The minimum absolute atomic E-state index is 0.0342. The van der Waals surface area contributed by atoms with Gasteiger partial charge >= 0.3 is 6.03 Å². The number of carbonyl (C=O) groups excluding carboxylic acids is 3. The molecule has 0 aliphatic carbocycles. The lowest BCUT2D eigenvalue weighted by Crippen LogP contribution is -2.37. The van der Waals surface area contributed by atoms with Crippen molar-refractivity contribution < 1.29 is 18.8 Å². The van der Waals surface area contributed by atoms with Crippen molar-refractivity contribution >= 4 is 23.4 Å². The molecule has 1 aliphatic heterocycles.